The zero-order valence-corrected chi connectivity index (χ0v) is 14.6. The van der Waals surface area contributed by atoms with Crippen LogP contribution in [0.2, 0.25) is 0 Å². The van der Waals surface area contributed by atoms with Crippen molar-refractivity contribution in [2.45, 2.75) is 19.8 Å². The van der Waals surface area contributed by atoms with Crippen molar-refractivity contribution < 1.29 is 28.5 Å². The molecule has 1 aliphatic rings. The number of methoxy groups -OCH3 is 3. The summed E-state index contributed by atoms with van der Waals surface area (Å²) in [7, 11) is 4.52. The molecule has 0 N–H and O–H groups in total. The van der Waals surface area contributed by atoms with Crippen molar-refractivity contribution in [3.63, 3.8) is 0 Å². The molecule has 132 valence electrons. The average molecular weight is 336 g/mol. The molecule has 0 fully saturated rings. The van der Waals surface area contributed by atoms with Crippen molar-refractivity contribution in [2.75, 3.05) is 34.9 Å². The SMILES string of the molecule is COCOc1ccc(OCOC)c(C2=C(C(=O)OC)C[C@@H](C)C2)c1. The predicted octanol–water partition coefficient (Wildman–Crippen LogP) is 3.01. The number of allylic oxidation sites excluding steroid dienone is 1. The Hall–Kier alpha value is -2.05. The molecule has 1 aromatic rings. The Kier molecular flexibility index (Phi) is 6.63. The molecule has 6 heteroatoms. The molecular weight excluding hydrogens is 312 g/mol. The molecular formula is C18H24O6. The Balaban J connectivity index is 2.44. The van der Waals surface area contributed by atoms with Crippen molar-refractivity contribution in [1.29, 1.82) is 0 Å². The third-order valence-corrected chi connectivity index (χ3v) is 3.85. The first-order chi connectivity index (χ1) is 11.6. The monoisotopic (exact) mass is 336 g/mol. The van der Waals surface area contributed by atoms with E-state index >= 15 is 0 Å². The molecule has 1 aliphatic carbocycles. The van der Waals surface area contributed by atoms with E-state index in [2.05, 4.69) is 6.92 Å². The van der Waals surface area contributed by atoms with Gasteiger partial charge in [-0.15, -0.1) is 0 Å². The van der Waals surface area contributed by atoms with E-state index in [1.807, 2.05) is 12.1 Å². The molecule has 2 rings (SSSR count). The van der Waals surface area contributed by atoms with Crippen molar-refractivity contribution in [1.82, 2.24) is 0 Å². The summed E-state index contributed by atoms with van der Waals surface area (Å²) in [5.74, 6) is 1.36. The van der Waals surface area contributed by atoms with Gasteiger partial charge in [-0.25, -0.2) is 4.79 Å². The van der Waals surface area contributed by atoms with Crippen LogP contribution in [-0.4, -0.2) is 40.9 Å². The van der Waals surface area contributed by atoms with Crippen LogP contribution >= 0.6 is 0 Å². The van der Waals surface area contributed by atoms with Gasteiger partial charge >= 0.3 is 5.97 Å². The first-order valence-electron chi connectivity index (χ1n) is 7.78. The lowest BCUT2D eigenvalue weighted by Gasteiger charge is -2.15. The van der Waals surface area contributed by atoms with Crippen LogP contribution in [0.1, 0.15) is 25.3 Å². The van der Waals surface area contributed by atoms with Crippen LogP contribution in [0, 0.1) is 5.92 Å². The minimum atomic E-state index is -0.296. The smallest absolute Gasteiger partial charge is 0.334 e. The van der Waals surface area contributed by atoms with Gasteiger partial charge in [0.25, 0.3) is 0 Å². The summed E-state index contributed by atoms with van der Waals surface area (Å²) < 4.78 is 26.0. The third kappa shape index (κ3) is 4.27. The Labute approximate surface area is 142 Å². The molecule has 1 aromatic carbocycles. The van der Waals surface area contributed by atoms with Gasteiger partial charge in [0, 0.05) is 25.4 Å². The van der Waals surface area contributed by atoms with Crippen LogP contribution < -0.4 is 9.47 Å². The summed E-state index contributed by atoms with van der Waals surface area (Å²) >= 11 is 0. The van der Waals surface area contributed by atoms with Crippen molar-refractivity contribution in [2.24, 2.45) is 5.92 Å². The maximum Gasteiger partial charge on any atom is 0.334 e. The summed E-state index contributed by atoms with van der Waals surface area (Å²) in [4.78, 5) is 12.1. The molecule has 0 heterocycles. The highest BCUT2D eigenvalue weighted by Crippen LogP contribution is 2.42. The summed E-state index contributed by atoms with van der Waals surface area (Å²) in [6.45, 7) is 2.38. The van der Waals surface area contributed by atoms with Gasteiger partial charge < -0.3 is 23.7 Å². The van der Waals surface area contributed by atoms with Crippen molar-refractivity contribution >= 4 is 11.5 Å². The topological polar surface area (TPSA) is 63.2 Å². The summed E-state index contributed by atoms with van der Waals surface area (Å²) in [5.41, 5.74) is 2.45. The zero-order valence-electron chi connectivity index (χ0n) is 14.6. The molecule has 0 aliphatic heterocycles. The molecule has 0 aromatic heterocycles. The Morgan fingerprint density at radius 1 is 1.08 bits per heavy atom. The molecule has 6 nitrogen and oxygen atoms in total. The quantitative estimate of drug-likeness (QED) is 0.537. The Morgan fingerprint density at radius 3 is 2.46 bits per heavy atom. The van der Waals surface area contributed by atoms with Gasteiger partial charge in [-0.05, 0) is 42.5 Å². The Bertz CT molecular complexity index is 608. The van der Waals surface area contributed by atoms with Crippen molar-refractivity contribution in [3.05, 3.63) is 29.3 Å². The lowest BCUT2D eigenvalue weighted by atomic mass is 9.99. The van der Waals surface area contributed by atoms with Crippen LogP contribution in [0.4, 0.5) is 0 Å². The fourth-order valence-corrected chi connectivity index (χ4v) is 2.83. The summed E-state index contributed by atoms with van der Waals surface area (Å²) in [6.07, 6.45) is 1.47. The Morgan fingerprint density at radius 2 is 1.79 bits per heavy atom. The average Bonchev–Trinajstić information content (AvgIpc) is 2.99. The molecule has 24 heavy (non-hydrogen) atoms. The fraction of sp³-hybridized carbons (Fsp3) is 0.500. The first kappa shape index (κ1) is 18.3. The minimum absolute atomic E-state index is 0.127. The molecule has 0 saturated heterocycles. The van der Waals surface area contributed by atoms with Gasteiger partial charge in [0.05, 0.1) is 7.11 Å². The van der Waals surface area contributed by atoms with Crippen LogP contribution in [0.25, 0.3) is 5.57 Å². The molecule has 0 saturated carbocycles. The molecule has 0 radical (unpaired) electrons. The van der Waals surface area contributed by atoms with Crippen LogP contribution in [0.3, 0.4) is 0 Å². The predicted molar refractivity (Wildman–Crippen MR) is 88.8 cm³/mol. The second kappa shape index (κ2) is 8.70. The van der Waals surface area contributed by atoms with Gasteiger partial charge in [-0.2, -0.15) is 0 Å². The molecule has 1 atom stereocenters. The molecule has 0 bridgehead atoms. The lowest BCUT2D eigenvalue weighted by Crippen LogP contribution is -2.06. The van der Waals surface area contributed by atoms with Crippen LogP contribution in [-0.2, 0) is 19.0 Å². The number of carbonyl (C=O) groups is 1. The highest BCUT2D eigenvalue weighted by atomic mass is 16.7. The molecule has 0 spiro atoms. The van der Waals surface area contributed by atoms with Gasteiger partial charge in [0.1, 0.15) is 11.5 Å². The van der Waals surface area contributed by atoms with E-state index in [0.717, 1.165) is 17.6 Å². The number of hydrogen-bond donors (Lipinski definition) is 0. The normalized spacial score (nSPS) is 17.1. The maximum absolute atomic E-state index is 12.1. The highest BCUT2D eigenvalue weighted by molar-refractivity contribution is 5.99. The zero-order chi connectivity index (χ0) is 17.5. The van der Waals surface area contributed by atoms with Crippen LogP contribution in [0.15, 0.2) is 23.8 Å². The fourth-order valence-electron chi connectivity index (χ4n) is 2.83. The minimum Gasteiger partial charge on any atom is -0.468 e. The van der Waals surface area contributed by atoms with Crippen molar-refractivity contribution in [3.8, 4) is 11.5 Å². The van der Waals surface area contributed by atoms with Gasteiger partial charge in [-0.3, -0.25) is 0 Å². The van der Waals surface area contributed by atoms with E-state index in [9.17, 15) is 4.79 Å². The highest BCUT2D eigenvalue weighted by Gasteiger charge is 2.29. The van der Waals surface area contributed by atoms with Gasteiger partial charge in [0.2, 0.25) is 0 Å². The van der Waals surface area contributed by atoms with E-state index in [0.29, 0.717) is 29.4 Å². The largest absolute Gasteiger partial charge is 0.468 e. The molecule has 0 amide bonds. The number of carbonyl (C=O) groups excluding carboxylic acids is 1. The first-order valence-corrected chi connectivity index (χ1v) is 7.78. The molecule has 0 unspecified atom stereocenters. The van der Waals surface area contributed by atoms with E-state index in [4.69, 9.17) is 23.7 Å². The van der Waals surface area contributed by atoms with Gasteiger partial charge in [-0.1, -0.05) is 6.92 Å². The van der Waals surface area contributed by atoms with E-state index in [1.165, 1.54) is 7.11 Å². The number of benzene rings is 1. The van der Waals surface area contributed by atoms with E-state index in [-0.39, 0.29) is 19.6 Å². The van der Waals surface area contributed by atoms with E-state index in [1.54, 1.807) is 20.3 Å². The lowest BCUT2D eigenvalue weighted by molar-refractivity contribution is -0.136. The summed E-state index contributed by atoms with van der Waals surface area (Å²) in [6, 6.07) is 5.47. The number of ether oxygens (including phenoxy) is 5. The summed E-state index contributed by atoms with van der Waals surface area (Å²) in [5, 5.41) is 0. The number of hydrogen-bond acceptors (Lipinski definition) is 6. The van der Waals surface area contributed by atoms with Crippen LogP contribution in [0.5, 0.6) is 11.5 Å². The third-order valence-electron chi connectivity index (χ3n) is 3.85. The standard InChI is InChI=1S/C18H24O6/c1-12-7-14(16(8-12)18(19)22-4)15-9-13(23-10-20-2)5-6-17(15)24-11-21-3/h5-6,9,12H,7-8,10-11H2,1-4H3/t12-/m0/s1. The second-order valence-corrected chi connectivity index (χ2v) is 5.72. The maximum atomic E-state index is 12.1. The van der Waals surface area contributed by atoms with E-state index < -0.39 is 0 Å². The van der Waals surface area contributed by atoms with Gasteiger partial charge in [0.15, 0.2) is 13.6 Å². The second-order valence-electron chi connectivity index (χ2n) is 5.72. The number of rotatable bonds is 8. The number of esters is 1.